The monoisotopic (exact) mass is 266 g/mol. The zero-order valence-electron chi connectivity index (χ0n) is 12.4. The molecule has 1 N–H and O–H groups in total. The molecule has 1 saturated heterocycles. The predicted molar refractivity (Wildman–Crippen MR) is 78.4 cm³/mol. The first kappa shape index (κ1) is 13.8. The molecule has 0 aromatic rings. The van der Waals surface area contributed by atoms with E-state index in [9.17, 15) is 0 Å². The molecule has 19 heavy (non-hydrogen) atoms. The maximum absolute atomic E-state index is 5.97. The molecule has 0 aromatic heterocycles. The van der Waals surface area contributed by atoms with Crippen molar-refractivity contribution in [2.24, 2.45) is 0 Å². The van der Waals surface area contributed by atoms with Crippen LogP contribution in [0.1, 0.15) is 58.3 Å². The van der Waals surface area contributed by atoms with Gasteiger partial charge in [0.25, 0.3) is 0 Å². The minimum absolute atomic E-state index is 0.537. The Balaban J connectivity index is 1.42. The van der Waals surface area contributed by atoms with Crippen molar-refractivity contribution in [2.45, 2.75) is 82.5 Å². The Hall–Kier alpha value is -0.120. The molecule has 3 unspecified atom stereocenters. The number of nitrogens with zero attached hydrogens (tertiary/aromatic N) is 1. The van der Waals surface area contributed by atoms with E-state index in [1.165, 1.54) is 57.9 Å². The Morgan fingerprint density at radius 3 is 2.89 bits per heavy atom. The van der Waals surface area contributed by atoms with E-state index in [2.05, 4.69) is 17.1 Å². The van der Waals surface area contributed by atoms with E-state index >= 15 is 0 Å². The molecule has 0 radical (unpaired) electrons. The molecular weight excluding hydrogens is 236 g/mol. The molecule has 3 atom stereocenters. The van der Waals surface area contributed by atoms with Gasteiger partial charge in [0.1, 0.15) is 0 Å². The summed E-state index contributed by atoms with van der Waals surface area (Å²) < 4.78 is 5.97. The van der Waals surface area contributed by atoms with Crippen molar-refractivity contribution in [1.29, 1.82) is 0 Å². The SMILES string of the molecule is CC(CCCNC1CC1)N1CCOC2CCCCC21. The summed E-state index contributed by atoms with van der Waals surface area (Å²) >= 11 is 0. The lowest BCUT2D eigenvalue weighted by Crippen LogP contribution is -2.55. The normalized spacial score (nSPS) is 33.9. The number of rotatable bonds is 6. The van der Waals surface area contributed by atoms with Gasteiger partial charge in [-0.1, -0.05) is 12.8 Å². The topological polar surface area (TPSA) is 24.5 Å². The molecule has 110 valence electrons. The maximum atomic E-state index is 5.97. The highest BCUT2D eigenvalue weighted by molar-refractivity contribution is 4.89. The third-order valence-electron chi connectivity index (χ3n) is 5.15. The predicted octanol–water partition coefficient (Wildman–Crippen LogP) is 2.55. The summed E-state index contributed by atoms with van der Waals surface area (Å²) in [6.07, 6.45) is 11.4. The van der Waals surface area contributed by atoms with Gasteiger partial charge in [-0.3, -0.25) is 4.90 Å². The number of nitrogens with one attached hydrogen (secondary N) is 1. The standard InChI is InChI=1S/C16H30N2O/c1-13(5-4-10-17-14-8-9-14)18-11-12-19-16-7-3-2-6-15(16)18/h13-17H,2-12H2,1H3. The molecule has 3 rings (SSSR count). The minimum Gasteiger partial charge on any atom is -0.375 e. The summed E-state index contributed by atoms with van der Waals surface area (Å²) in [5.74, 6) is 0. The smallest absolute Gasteiger partial charge is 0.0731 e. The molecule has 0 spiro atoms. The molecule has 3 heteroatoms. The fourth-order valence-electron chi connectivity index (χ4n) is 3.83. The Morgan fingerprint density at radius 2 is 2.05 bits per heavy atom. The lowest BCUT2D eigenvalue weighted by atomic mass is 9.89. The van der Waals surface area contributed by atoms with Crippen LogP contribution in [0.5, 0.6) is 0 Å². The summed E-state index contributed by atoms with van der Waals surface area (Å²) in [5, 5.41) is 3.63. The van der Waals surface area contributed by atoms with Crippen LogP contribution in [0.25, 0.3) is 0 Å². The minimum atomic E-state index is 0.537. The van der Waals surface area contributed by atoms with Gasteiger partial charge < -0.3 is 10.1 Å². The van der Waals surface area contributed by atoms with Gasteiger partial charge in [-0.25, -0.2) is 0 Å². The molecule has 3 nitrogen and oxygen atoms in total. The molecule has 2 aliphatic carbocycles. The van der Waals surface area contributed by atoms with Crippen LogP contribution < -0.4 is 5.32 Å². The van der Waals surface area contributed by atoms with E-state index in [1.54, 1.807) is 0 Å². The summed E-state index contributed by atoms with van der Waals surface area (Å²) in [7, 11) is 0. The van der Waals surface area contributed by atoms with E-state index in [4.69, 9.17) is 4.74 Å². The van der Waals surface area contributed by atoms with Gasteiger partial charge in [-0.05, 0) is 52.0 Å². The van der Waals surface area contributed by atoms with Crippen LogP contribution >= 0.6 is 0 Å². The van der Waals surface area contributed by atoms with Gasteiger partial charge >= 0.3 is 0 Å². The summed E-state index contributed by atoms with van der Waals surface area (Å²) in [6.45, 7) is 5.74. The Labute approximate surface area is 118 Å². The van der Waals surface area contributed by atoms with Gasteiger partial charge in [-0.15, -0.1) is 0 Å². The highest BCUT2D eigenvalue weighted by atomic mass is 16.5. The van der Waals surface area contributed by atoms with Crippen LogP contribution in [0.4, 0.5) is 0 Å². The average molecular weight is 266 g/mol. The van der Waals surface area contributed by atoms with Gasteiger partial charge in [0.2, 0.25) is 0 Å². The van der Waals surface area contributed by atoms with E-state index in [1.807, 2.05) is 0 Å². The quantitative estimate of drug-likeness (QED) is 0.748. The van der Waals surface area contributed by atoms with Crippen molar-refractivity contribution in [1.82, 2.24) is 10.2 Å². The van der Waals surface area contributed by atoms with Crippen molar-refractivity contribution in [3.05, 3.63) is 0 Å². The number of hydrogen-bond donors (Lipinski definition) is 1. The van der Waals surface area contributed by atoms with Gasteiger partial charge in [0.05, 0.1) is 12.7 Å². The van der Waals surface area contributed by atoms with E-state index in [0.29, 0.717) is 12.1 Å². The molecular formula is C16H30N2O. The van der Waals surface area contributed by atoms with Gasteiger partial charge in [-0.2, -0.15) is 0 Å². The number of ether oxygens (including phenoxy) is 1. The van der Waals surface area contributed by atoms with Crippen molar-refractivity contribution in [3.8, 4) is 0 Å². The number of hydrogen-bond acceptors (Lipinski definition) is 3. The molecule has 2 saturated carbocycles. The number of morpholine rings is 1. The van der Waals surface area contributed by atoms with Crippen LogP contribution in [-0.2, 0) is 4.74 Å². The van der Waals surface area contributed by atoms with Gasteiger partial charge in [0, 0.05) is 24.7 Å². The maximum Gasteiger partial charge on any atom is 0.0731 e. The zero-order chi connectivity index (χ0) is 13.1. The van der Waals surface area contributed by atoms with E-state index < -0.39 is 0 Å². The second kappa shape index (κ2) is 6.55. The van der Waals surface area contributed by atoms with Crippen molar-refractivity contribution in [2.75, 3.05) is 19.7 Å². The summed E-state index contributed by atoms with van der Waals surface area (Å²) in [4.78, 5) is 2.75. The van der Waals surface area contributed by atoms with E-state index in [0.717, 1.165) is 25.2 Å². The highest BCUT2D eigenvalue weighted by Gasteiger charge is 2.35. The first-order valence-corrected chi connectivity index (χ1v) is 8.45. The van der Waals surface area contributed by atoms with Crippen molar-refractivity contribution < 1.29 is 4.74 Å². The molecule has 1 aliphatic heterocycles. The summed E-state index contributed by atoms with van der Waals surface area (Å²) in [5.41, 5.74) is 0. The lowest BCUT2D eigenvalue weighted by Gasteiger charge is -2.46. The van der Waals surface area contributed by atoms with Crippen LogP contribution in [-0.4, -0.2) is 48.8 Å². The largest absolute Gasteiger partial charge is 0.375 e. The third kappa shape index (κ3) is 3.71. The van der Waals surface area contributed by atoms with Crippen LogP contribution in [0, 0.1) is 0 Å². The van der Waals surface area contributed by atoms with Crippen LogP contribution in [0.2, 0.25) is 0 Å². The number of fused-ring (bicyclic) bond motifs is 1. The first-order chi connectivity index (χ1) is 9.34. The van der Waals surface area contributed by atoms with Crippen LogP contribution in [0.15, 0.2) is 0 Å². The molecule has 0 aromatic carbocycles. The molecule has 3 aliphatic rings. The summed E-state index contributed by atoms with van der Waals surface area (Å²) in [6, 6.07) is 2.31. The second-order valence-electron chi connectivity index (χ2n) is 6.72. The fourth-order valence-corrected chi connectivity index (χ4v) is 3.83. The lowest BCUT2D eigenvalue weighted by molar-refractivity contribution is -0.101. The second-order valence-corrected chi connectivity index (χ2v) is 6.72. The van der Waals surface area contributed by atoms with Crippen molar-refractivity contribution in [3.63, 3.8) is 0 Å². The zero-order valence-corrected chi connectivity index (χ0v) is 12.4. The van der Waals surface area contributed by atoms with Crippen LogP contribution in [0.3, 0.4) is 0 Å². The average Bonchev–Trinajstić information content (AvgIpc) is 3.27. The first-order valence-electron chi connectivity index (χ1n) is 8.45. The molecule has 0 amide bonds. The Bertz CT molecular complexity index is 278. The molecule has 0 bridgehead atoms. The van der Waals surface area contributed by atoms with Crippen molar-refractivity contribution >= 4 is 0 Å². The molecule has 1 heterocycles. The Morgan fingerprint density at radius 1 is 1.21 bits per heavy atom. The van der Waals surface area contributed by atoms with Gasteiger partial charge in [0.15, 0.2) is 0 Å². The molecule has 3 fully saturated rings. The third-order valence-corrected chi connectivity index (χ3v) is 5.15. The fraction of sp³-hybridized carbons (Fsp3) is 1.00. The van der Waals surface area contributed by atoms with E-state index in [-0.39, 0.29) is 0 Å². The highest BCUT2D eigenvalue weighted by Crippen LogP contribution is 2.30. The Kier molecular flexibility index (Phi) is 4.78.